The molecule has 0 bridgehead atoms. The second kappa shape index (κ2) is 5.71. The second-order valence-corrected chi connectivity index (χ2v) is 6.27. The third-order valence-corrected chi connectivity index (χ3v) is 4.47. The number of fused-ring (bicyclic) bond motifs is 1. The molecule has 3 aromatic rings. The Labute approximate surface area is 134 Å². The Bertz CT molecular complexity index is 788. The highest BCUT2D eigenvalue weighted by atomic mass is 35.5. The van der Waals surface area contributed by atoms with E-state index in [1.54, 1.807) is 0 Å². The van der Waals surface area contributed by atoms with Crippen LogP contribution in [-0.4, -0.2) is 27.5 Å². The summed E-state index contributed by atoms with van der Waals surface area (Å²) in [5.74, 6) is 0.738. The van der Waals surface area contributed by atoms with Crippen LogP contribution in [0.2, 0.25) is 5.02 Å². The zero-order valence-electron chi connectivity index (χ0n) is 12.2. The maximum atomic E-state index is 6.08. The Morgan fingerprint density at radius 3 is 2.91 bits per heavy atom. The van der Waals surface area contributed by atoms with Crippen molar-refractivity contribution in [1.82, 2.24) is 19.7 Å². The summed E-state index contributed by atoms with van der Waals surface area (Å²) >= 11 is 6.08. The standard InChI is InChI=1S/C17H17ClN4/c18-14-2-4-17-21-10-16(22(17)11-14)15-3-1-12(9-20-15)7-13-5-6-19-8-13/h1-4,9-11,13,19H,5-8H2/t13-/m0/s1. The van der Waals surface area contributed by atoms with E-state index in [1.807, 2.05) is 35.1 Å². The molecule has 0 radical (unpaired) electrons. The van der Waals surface area contributed by atoms with Crippen LogP contribution in [0.4, 0.5) is 0 Å². The maximum absolute atomic E-state index is 6.08. The molecular formula is C17H17ClN4. The summed E-state index contributed by atoms with van der Waals surface area (Å²) in [7, 11) is 0. The monoisotopic (exact) mass is 312 g/mol. The highest BCUT2D eigenvalue weighted by molar-refractivity contribution is 6.30. The van der Waals surface area contributed by atoms with Crippen LogP contribution in [0, 0.1) is 5.92 Å². The molecule has 0 aliphatic carbocycles. The first kappa shape index (κ1) is 13.7. The van der Waals surface area contributed by atoms with Gasteiger partial charge in [-0.15, -0.1) is 0 Å². The van der Waals surface area contributed by atoms with Crippen molar-refractivity contribution in [2.45, 2.75) is 12.8 Å². The van der Waals surface area contributed by atoms with Crippen molar-refractivity contribution in [1.29, 1.82) is 0 Å². The Morgan fingerprint density at radius 2 is 2.14 bits per heavy atom. The first-order valence-corrected chi connectivity index (χ1v) is 7.96. The first-order valence-electron chi connectivity index (χ1n) is 7.58. The lowest BCUT2D eigenvalue weighted by Gasteiger charge is -2.08. The number of hydrogen-bond acceptors (Lipinski definition) is 3. The predicted molar refractivity (Wildman–Crippen MR) is 88.1 cm³/mol. The van der Waals surface area contributed by atoms with Crippen LogP contribution in [-0.2, 0) is 6.42 Å². The van der Waals surface area contributed by atoms with Gasteiger partial charge in [0.25, 0.3) is 0 Å². The Kier molecular flexibility index (Phi) is 3.56. The third-order valence-electron chi connectivity index (χ3n) is 4.24. The van der Waals surface area contributed by atoms with Gasteiger partial charge < -0.3 is 5.32 Å². The van der Waals surface area contributed by atoms with E-state index in [2.05, 4.69) is 27.4 Å². The van der Waals surface area contributed by atoms with E-state index >= 15 is 0 Å². The number of halogens is 1. The largest absolute Gasteiger partial charge is 0.316 e. The summed E-state index contributed by atoms with van der Waals surface area (Å²) in [6, 6.07) is 8.00. The molecule has 1 aliphatic rings. The minimum absolute atomic E-state index is 0.692. The number of nitrogens with one attached hydrogen (secondary N) is 1. The fourth-order valence-corrected chi connectivity index (χ4v) is 3.22. The predicted octanol–water partition coefficient (Wildman–Crippen LogP) is 3.20. The van der Waals surface area contributed by atoms with Crippen molar-refractivity contribution in [3.05, 3.63) is 53.4 Å². The quantitative estimate of drug-likeness (QED) is 0.807. The van der Waals surface area contributed by atoms with E-state index in [0.717, 1.165) is 42.5 Å². The van der Waals surface area contributed by atoms with Gasteiger partial charge in [-0.3, -0.25) is 9.38 Å². The summed E-state index contributed by atoms with van der Waals surface area (Å²) < 4.78 is 1.98. The lowest BCUT2D eigenvalue weighted by Crippen LogP contribution is -2.10. The van der Waals surface area contributed by atoms with Gasteiger partial charge in [0.1, 0.15) is 5.65 Å². The zero-order chi connectivity index (χ0) is 14.9. The zero-order valence-corrected chi connectivity index (χ0v) is 12.9. The number of imidazole rings is 1. The molecule has 4 heterocycles. The SMILES string of the molecule is Clc1ccc2ncc(-c3ccc(C[C@@H]4CCNC4)cn3)n2c1. The van der Waals surface area contributed by atoms with Crippen molar-refractivity contribution >= 4 is 17.2 Å². The number of pyridine rings is 2. The maximum Gasteiger partial charge on any atom is 0.137 e. The smallest absolute Gasteiger partial charge is 0.137 e. The number of rotatable bonds is 3. The van der Waals surface area contributed by atoms with E-state index in [9.17, 15) is 0 Å². The molecule has 1 fully saturated rings. The normalized spacial score (nSPS) is 18.1. The first-order chi connectivity index (χ1) is 10.8. The van der Waals surface area contributed by atoms with Crippen LogP contribution in [0.1, 0.15) is 12.0 Å². The van der Waals surface area contributed by atoms with Gasteiger partial charge in [0.2, 0.25) is 0 Å². The van der Waals surface area contributed by atoms with Crippen molar-refractivity contribution in [2.24, 2.45) is 5.92 Å². The highest BCUT2D eigenvalue weighted by Crippen LogP contribution is 2.22. The molecule has 0 unspecified atom stereocenters. The molecule has 4 nitrogen and oxygen atoms in total. The fourth-order valence-electron chi connectivity index (χ4n) is 3.06. The molecule has 22 heavy (non-hydrogen) atoms. The fraction of sp³-hybridized carbons (Fsp3) is 0.294. The second-order valence-electron chi connectivity index (χ2n) is 5.83. The van der Waals surface area contributed by atoms with Crippen LogP contribution >= 0.6 is 11.6 Å². The Morgan fingerprint density at radius 1 is 1.18 bits per heavy atom. The molecule has 0 aromatic carbocycles. The van der Waals surface area contributed by atoms with Crippen molar-refractivity contribution < 1.29 is 0 Å². The van der Waals surface area contributed by atoms with Crippen LogP contribution in [0.25, 0.3) is 17.0 Å². The van der Waals surface area contributed by atoms with Gasteiger partial charge in [-0.2, -0.15) is 0 Å². The van der Waals surface area contributed by atoms with Gasteiger partial charge in [-0.05, 0) is 55.6 Å². The molecule has 3 aromatic heterocycles. The minimum Gasteiger partial charge on any atom is -0.316 e. The van der Waals surface area contributed by atoms with Crippen LogP contribution in [0.5, 0.6) is 0 Å². The Hall–Kier alpha value is -1.91. The van der Waals surface area contributed by atoms with Crippen LogP contribution < -0.4 is 5.32 Å². The number of hydrogen-bond donors (Lipinski definition) is 1. The van der Waals surface area contributed by atoms with E-state index < -0.39 is 0 Å². The van der Waals surface area contributed by atoms with Crippen molar-refractivity contribution in [3.8, 4) is 11.4 Å². The number of aromatic nitrogens is 3. The van der Waals surface area contributed by atoms with Gasteiger partial charge in [-0.25, -0.2) is 4.98 Å². The molecule has 0 spiro atoms. The summed E-state index contributed by atoms with van der Waals surface area (Å²) in [6.45, 7) is 2.26. The summed E-state index contributed by atoms with van der Waals surface area (Å²) in [5, 5.41) is 4.10. The molecule has 1 atom stereocenters. The van der Waals surface area contributed by atoms with Gasteiger partial charge in [-0.1, -0.05) is 17.7 Å². The van der Waals surface area contributed by atoms with Crippen molar-refractivity contribution in [2.75, 3.05) is 13.1 Å². The topological polar surface area (TPSA) is 42.2 Å². The molecule has 112 valence electrons. The minimum atomic E-state index is 0.692. The van der Waals surface area contributed by atoms with E-state index in [-0.39, 0.29) is 0 Å². The molecule has 4 rings (SSSR count). The number of nitrogens with zero attached hydrogens (tertiary/aromatic N) is 3. The third kappa shape index (κ3) is 2.60. The lowest BCUT2D eigenvalue weighted by molar-refractivity contribution is 0.579. The molecule has 0 saturated carbocycles. The molecule has 1 saturated heterocycles. The molecule has 5 heteroatoms. The van der Waals surface area contributed by atoms with E-state index in [1.165, 1.54) is 12.0 Å². The van der Waals surface area contributed by atoms with Gasteiger partial charge in [0.05, 0.1) is 22.6 Å². The van der Waals surface area contributed by atoms with Crippen LogP contribution in [0.15, 0.2) is 42.9 Å². The van der Waals surface area contributed by atoms with E-state index in [0.29, 0.717) is 5.02 Å². The summed E-state index contributed by atoms with van der Waals surface area (Å²) in [5.41, 5.74) is 4.06. The highest BCUT2D eigenvalue weighted by Gasteiger charge is 2.15. The van der Waals surface area contributed by atoms with Gasteiger partial charge in [0, 0.05) is 12.4 Å². The average molecular weight is 313 g/mol. The molecule has 0 amide bonds. The molecule has 1 aliphatic heterocycles. The van der Waals surface area contributed by atoms with Gasteiger partial charge in [0.15, 0.2) is 0 Å². The van der Waals surface area contributed by atoms with E-state index in [4.69, 9.17) is 11.6 Å². The summed E-state index contributed by atoms with van der Waals surface area (Å²) in [6.07, 6.45) is 8.05. The van der Waals surface area contributed by atoms with Crippen LogP contribution in [0.3, 0.4) is 0 Å². The molecular weight excluding hydrogens is 296 g/mol. The lowest BCUT2D eigenvalue weighted by atomic mass is 10.00. The molecule has 1 N–H and O–H groups in total. The van der Waals surface area contributed by atoms with Crippen molar-refractivity contribution in [3.63, 3.8) is 0 Å². The average Bonchev–Trinajstić information content (AvgIpc) is 3.17. The summed E-state index contributed by atoms with van der Waals surface area (Å²) in [4.78, 5) is 9.02. The van der Waals surface area contributed by atoms with Gasteiger partial charge >= 0.3 is 0 Å². The Balaban J connectivity index is 1.62.